The molecule has 3 nitrogen and oxygen atoms in total. The van der Waals surface area contributed by atoms with Gasteiger partial charge in [0, 0.05) is 19.1 Å². The maximum absolute atomic E-state index is 5.49. The van der Waals surface area contributed by atoms with Crippen LogP contribution in [0.2, 0.25) is 0 Å². The molecule has 0 aromatic carbocycles. The maximum atomic E-state index is 5.49. The van der Waals surface area contributed by atoms with E-state index in [9.17, 15) is 0 Å². The lowest BCUT2D eigenvalue weighted by Crippen LogP contribution is -2.50. The summed E-state index contributed by atoms with van der Waals surface area (Å²) in [6, 6.07) is 0.608. The Labute approximate surface area is 80.4 Å². The van der Waals surface area contributed by atoms with Crippen LogP contribution >= 0.6 is 0 Å². The zero-order valence-electron chi connectivity index (χ0n) is 8.46. The summed E-state index contributed by atoms with van der Waals surface area (Å²) >= 11 is 0. The third kappa shape index (κ3) is 2.42. The van der Waals surface area contributed by atoms with Crippen LogP contribution in [0.25, 0.3) is 0 Å². The second-order valence-corrected chi connectivity index (χ2v) is 4.30. The summed E-state index contributed by atoms with van der Waals surface area (Å²) in [5.74, 6) is 0.805. The Bertz CT molecular complexity index is 157. The SMILES string of the molecule is CN1CCCC(C2COCCN2)C1. The highest BCUT2D eigenvalue weighted by atomic mass is 16.5. The van der Waals surface area contributed by atoms with Crippen molar-refractivity contribution in [1.29, 1.82) is 0 Å². The van der Waals surface area contributed by atoms with Gasteiger partial charge >= 0.3 is 0 Å². The van der Waals surface area contributed by atoms with Crippen LogP contribution in [0, 0.1) is 5.92 Å². The summed E-state index contributed by atoms with van der Waals surface area (Å²) in [5.41, 5.74) is 0. The molecular formula is C10H20N2O. The molecule has 1 N–H and O–H groups in total. The van der Waals surface area contributed by atoms with E-state index in [4.69, 9.17) is 4.74 Å². The van der Waals surface area contributed by atoms with Gasteiger partial charge in [0.25, 0.3) is 0 Å². The second-order valence-electron chi connectivity index (χ2n) is 4.30. The van der Waals surface area contributed by atoms with E-state index in [1.165, 1.54) is 25.9 Å². The first-order chi connectivity index (χ1) is 6.36. The molecule has 2 aliphatic heterocycles. The number of nitrogens with zero attached hydrogens (tertiary/aromatic N) is 1. The van der Waals surface area contributed by atoms with Crippen molar-refractivity contribution >= 4 is 0 Å². The van der Waals surface area contributed by atoms with Crippen molar-refractivity contribution in [3.63, 3.8) is 0 Å². The van der Waals surface area contributed by atoms with Gasteiger partial charge in [-0.3, -0.25) is 0 Å². The second kappa shape index (κ2) is 4.40. The van der Waals surface area contributed by atoms with Gasteiger partial charge in [0.1, 0.15) is 0 Å². The normalized spacial score (nSPS) is 37.6. The molecule has 0 aromatic heterocycles. The Morgan fingerprint density at radius 2 is 2.38 bits per heavy atom. The van der Waals surface area contributed by atoms with E-state index in [2.05, 4.69) is 17.3 Å². The fraction of sp³-hybridized carbons (Fsp3) is 1.00. The zero-order valence-corrected chi connectivity index (χ0v) is 8.46. The molecule has 2 saturated heterocycles. The van der Waals surface area contributed by atoms with Crippen LogP contribution in [0.5, 0.6) is 0 Å². The minimum absolute atomic E-state index is 0.608. The number of nitrogens with one attached hydrogen (secondary N) is 1. The monoisotopic (exact) mass is 184 g/mol. The van der Waals surface area contributed by atoms with E-state index >= 15 is 0 Å². The third-order valence-electron chi connectivity index (χ3n) is 3.18. The fourth-order valence-corrected chi connectivity index (χ4v) is 2.42. The molecule has 2 fully saturated rings. The molecular weight excluding hydrogens is 164 g/mol. The standard InChI is InChI=1S/C10H20N2O/c1-12-5-2-3-9(7-12)10-8-13-6-4-11-10/h9-11H,2-8H2,1H3. The Kier molecular flexibility index (Phi) is 3.19. The molecule has 0 radical (unpaired) electrons. The maximum Gasteiger partial charge on any atom is 0.0623 e. The Balaban J connectivity index is 1.83. The summed E-state index contributed by atoms with van der Waals surface area (Å²) in [6.45, 7) is 5.34. The summed E-state index contributed by atoms with van der Waals surface area (Å²) in [7, 11) is 2.22. The van der Waals surface area contributed by atoms with Crippen LogP contribution in [0.15, 0.2) is 0 Å². The number of ether oxygens (including phenoxy) is 1. The quantitative estimate of drug-likeness (QED) is 0.635. The van der Waals surface area contributed by atoms with Gasteiger partial charge in [-0.2, -0.15) is 0 Å². The predicted octanol–water partition coefficient (Wildman–Crippen LogP) is 0.317. The molecule has 2 aliphatic rings. The van der Waals surface area contributed by atoms with Gasteiger partial charge < -0.3 is 15.0 Å². The lowest BCUT2D eigenvalue weighted by molar-refractivity contribution is 0.0396. The van der Waals surface area contributed by atoms with E-state index in [0.717, 1.165) is 25.7 Å². The first kappa shape index (κ1) is 9.44. The van der Waals surface area contributed by atoms with Crippen LogP contribution in [0.4, 0.5) is 0 Å². The van der Waals surface area contributed by atoms with Crippen LogP contribution in [0.3, 0.4) is 0 Å². The van der Waals surface area contributed by atoms with Crippen molar-refractivity contribution < 1.29 is 4.74 Å². The van der Waals surface area contributed by atoms with Gasteiger partial charge in [-0.25, -0.2) is 0 Å². The number of piperidine rings is 1. The Morgan fingerprint density at radius 1 is 1.46 bits per heavy atom. The molecule has 2 rings (SSSR count). The number of hydrogen-bond acceptors (Lipinski definition) is 3. The topological polar surface area (TPSA) is 24.5 Å². The predicted molar refractivity (Wildman–Crippen MR) is 52.8 cm³/mol. The Hall–Kier alpha value is -0.120. The molecule has 2 heterocycles. The van der Waals surface area contributed by atoms with Crippen molar-refractivity contribution in [2.45, 2.75) is 18.9 Å². The smallest absolute Gasteiger partial charge is 0.0623 e. The highest BCUT2D eigenvalue weighted by molar-refractivity contribution is 4.83. The Morgan fingerprint density at radius 3 is 3.08 bits per heavy atom. The number of hydrogen-bond donors (Lipinski definition) is 1. The molecule has 0 aliphatic carbocycles. The van der Waals surface area contributed by atoms with E-state index in [1.807, 2.05) is 0 Å². The first-order valence-electron chi connectivity index (χ1n) is 5.36. The molecule has 0 aromatic rings. The van der Waals surface area contributed by atoms with Crippen molar-refractivity contribution in [3.05, 3.63) is 0 Å². The first-order valence-corrected chi connectivity index (χ1v) is 5.36. The van der Waals surface area contributed by atoms with E-state index in [1.54, 1.807) is 0 Å². The fourth-order valence-electron chi connectivity index (χ4n) is 2.42. The van der Waals surface area contributed by atoms with Crippen molar-refractivity contribution in [2.75, 3.05) is 39.9 Å². The van der Waals surface area contributed by atoms with Crippen LogP contribution in [-0.2, 0) is 4.74 Å². The number of morpholine rings is 1. The van der Waals surface area contributed by atoms with Gasteiger partial charge in [-0.15, -0.1) is 0 Å². The number of rotatable bonds is 1. The van der Waals surface area contributed by atoms with Gasteiger partial charge in [0.2, 0.25) is 0 Å². The molecule has 76 valence electrons. The zero-order chi connectivity index (χ0) is 9.10. The average Bonchev–Trinajstić information content (AvgIpc) is 2.19. The molecule has 3 heteroatoms. The van der Waals surface area contributed by atoms with Crippen molar-refractivity contribution in [1.82, 2.24) is 10.2 Å². The van der Waals surface area contributed by atoms with Crippen molar-refractivity contribution in [3.8, 4) is 0 Å². The molecule has 0 amide bonds. The average molecular weight is 184 g/mol. The largest absolute Gasteiger partial charge is 0.379 e. The van der Waals surface area contributed by atoms with Gasteiger partial charge in [0.05, 0.1) is 13.2 Å². The van der Waals surface area contributed by atoms with Crippen LogP contribution in [-0.4, -0.2) is 50.8 Å². The van der Waals surface area contributed by atoms with Gasteiger partial charge in [-0.05, 0) is 32.4 Å². The summed E-state index contributed by atoms with van der Waals surface area (Å²) in [4.78, 5) is 2.43. The van der Waals surface area contributed by atoms with Crippen molar-refractivity contribution in [2.24, 2.45) is 5.92 Å². The van der Waals surface area contributed by atoms with E-state index in [0.29, 0.717) is 6.04 Å². The summed E-state index contributed by atoms with van der Waals surface area (Å²) in [6.07, 6.45) is 2.71. The van der Waals surface area contributed by atoms with E-state index < -0.39 is 0 Å². The van der Waals surface area contributed by atoms with E-state index in [-0.39, 0.29) is 0 Å². The highest BCUT2D eigenvalue weighted by Crippen LogP contribution is 2.19. The number of likely N-dealkylation sites (tertiary alicyclic amines) is 1. The minimum atomic E-state index is 0.608. The van der Waals surface area contributed by atoms with Gasteiger partial charge in [0.15, 0.2) is 0 Å². The lowest BCUT2D eigenvalue weighted by atomic mass is 9.91. The minimum Gasteiger partial charge on any atom is -0.379 e. The molecule has 0 spiro atoms. The third-order valence-corrected chi connectivity index (χ3v) is 3.18. The molecule has 2 unspecified atom stereocenters. The molecule has 0 bridgehead atoms. The lowest BCUT2D eigenvalue weighted by Gasteiger charge is -2.37. The molecule has 13 heavy (non-hydrogen) atoms. The summed E-state index contributed by atoms with van der Waals surface area (Å²) < 4.78 is 5.49. The van der Waals surface area contributed by atoms with Gasteiger partial charge in [-0.1, -0.05) is 0 Å². The molecule has 2 atom stereocenters. The van der Waals surface area contributed by atoms with Crippen LogP contribution in [0.1, 0.15) is 12.8 Å². The van der Waals surface area contributed by atoms with Crippen LogP contribution < -0.4 is 5.32 Å². The summed E-state index contributed by atoms with van der Waals surface area (Å²) in [5, 5.41) is 3.56. The molecule has 0 saturated carbocycles. The highest BCUT2D eigenvalue weighted by Gasteiger charge is 2.26.